The predicted octanol–water partition coefficient (Wildman–Crippen LogP) is 2.37. The quantitative estimate of drug-likeness (QED) is 0.699. The Kier molecular flexibility index (Phi) is 5.52. The number of nitrogens with one attached hydrogen (secondary N) is 2. The molecule has 0 bridgehead atoms. The number of aryl methyl sites for hydroxylation is 1. The molecule has 0 aliphatic carbocycles. The molecule has 0 fully saturated rings. The van der Waals surface area contributed by atoms with Crippen molar-refractivity contribution in [3.8, 4) is 11.1 Å². The lowest BCUT2D eigenvalue weighted by Crippen LogP contribution is -2.34. The summed E-state index contributed by atoms with van der Waals surface area (Å²) < 4.78 is 5.45. The van der Waals surface area contributed by atoms with E-state index in [1.54, 1.807) is 43.5 Å². The van der Waals surface area contributed by atoms with Crippen molar-refractivity contribution in [2.45, 2.75) is 13.0 Å². The predicted molar refractivity (Wildman–Crippen MR) is 102 cm³/mol. The van der Waals surface area contributed by atoms with Crippen LogP contribution in [0.3, 0.4) is 0 Å². The van der Waals surface area contributed by atoms with Crippen LogP contribution < -0.4 is 10.9 Å². The number of hydrogen-bond acceptors (Lipinski definition) is 5. The number of aromatic nitrogens is 2. The van der Waals surface area contributed by atoms with E-state index in [-0.39, 0.29) is 17.5 Å². The fourth-order valence-corrected chi connectivity index (χ4v) is 2.83. The highest BCUT2D eigenvalue weighted by Crippen LogP contribution is 2.19. The maximum atomic E-state index is 12.5. The van der Waals surface area contributed by atoms with Gasteiger partial charge < -0.3 is 9.73 Å². The second kappa shape index (κ2) is 8.01. The Bertz CT molecular complexity index is 960. The van der Waals surface area contributed by atoms with Crippen molar-refractivity contribution < 1.29 is 9.21 Å². The first-order chi connectivity index (χ1) is 13.0. The van der Waals surface area contributed by atoms with E-state index in [0.717, 1.165) is 17.0 Å². The lowest BCUT2D eigenvalue weighted by Gasteiger charge is -2.22. The molecule has 0 aliphatic heterocycles. The molecule has 0 radical (unpaired) electrons. The zero-order chi connectivity index (χ0) is 19.4. The number of likely N-dealkylation sites (N-methyl/N-ethyl adjacent to an activating group) is 1. The van der Waals surface area contributed by atoms with Crippen LogP contribution in [0.4, 0.5) is 0 Å². The molecule has 3 aromatic rings. The Hall–Kier alpha value is -3.19. The van der Waals surface area contributed by atoms with Gasteiger partial charge in [-0.2, -0.15) is 5.10 Å². The van der Waals surface area contributed by atoms with E-state index >= 15 is 0 Å². The van der Waals surface area contributed by atoms with Crippen LogP contribution >= 0.6 is 0 Å². The van der Waals surface area contributed by atoms with Crippen LogP contribution in [-0.2, 0) is 0 Å². The van der Waals surface area contributed by atoms with Crippen LogP contribution in [0.2, 0.25) is 0 Å². The Morgan fingerprint density at radius 2 is 2.00 bits per heavy atom. The van der Waals surface area contributed by atoms with Gasteiger partial charge in [0.05, 0.1) is 23.6 Å². The fraction of sp³-hybridized carbons (Fsp3) is 0.250. The van der Waals surface area contributed by atoms with Crippen molar-refractivity contribution in [3.63, 3.8) is 0 Å². The first-order valence-electron chi connectivity index (χ1n) is 8.60. The van der Waals surface area contributed by atoms with Crippen molar-refractivity contribution >= 4 is 5.91 Å². The largest absolute Gasteiger partial charge is 0.468 e. The van der Waals surface area contributed by atoms with Gasteiger partial charge in [0.1, 0.15) is 5.76 Å². The summed E-state index contributed by atoms with van der Waals surface area (Å²) in [7, 11) is 3.87. The van der Waals surface area contributed by atoms with E-state index in [1.807, 2.05) is 31.1 Å². The van der Waals surface area contributed by atoms with Gasteiger partial charge in [-0.15, -0.1) is 0 Å². The van der Waals surface area contributed by atoms with Crippen LogP contribution in [0, 0.1) is 6.92 Å². The molecule has 0 unspecified atom stereocenters. The third-order valence-corrected chi connectivity index (χ3v) is 4.34. The van der Waals surface area contributed by atoms with Crippen LogP contribution in [-0.4, -0.2) is 41.6 Å². The smallest absolute Gasteiger partial charge is 0.272 e. The third kappa shape index (κ3) is 4.32. The van der Waals surface area contributed by atoms with Crippen LogP contribution in [0.25, 0.3) is 11.1 Å². The standard InChI is InChI=1S/C20H22N4O3/c1-13-11-16(20(26)23-22-13)14-6-8-15(9-7-14)19(25)21-12-17(24(2)3)18-5-4-10-27-18/h4-11,17H,12H2,1-3H3,(H,21,25)(H,23,26)/t17-/m0/s1. The Balaban J connectivity index is 1.70. The highest BCUT2D eigenvalue weighted by molar-refractivity contribution is 5.94. The van der Waals surface area contributed by atoms with Gasteiger partial charge >= 0.3 is 0 Å². The van der Waals surface area contributed by atoms with Crippen molar-refractivity contribution in [2.75, 3.05) is 20.6 Å². The number of aromatic amines is 1. The minimum Gasteiger partial charge on any atom is -0.468 e. The van der Waals surface area contributed by atoms with Gasteiger partial charge in [-0.25, -0.2) is 5.10 Å². The van der Waals surface area contributed by atoms with Crippen molar-refractivity contribution in [1.29, 1.82) is 0 Å². The summed E-state index contributed by atoms with van der Waals surface area (Å²) in [4.78, 5) is 26.4. The van der Waals surface area contributed by atoms with E-state index in [9.17, 15) is 9.59 Å². The first kappa shape index (κ1) is 18.6. The molecule has 0 spiro atoms. The number of amides is 1. The van der Waals surface area contributed by atoms with Crippen molar-refractivity contribution in [3.05, 3.63) is 76.1 Å². The molecule has 2 N–H and O–H groups in total. The van der Waals surface area contributed by atoms with Crippen molar-refractivity contribution in [2.24, 2.45) is 0 Å². The second-order valence-electron chi connectivity index (χ2n) is 6.53. The number of rotatable bonds is 6. The summed E-state index contributed by atoms with van der Waals surface area (Å²) in [6, 6.07) is 12.3. The normalized spacial score (nSPS) is 12.1. The van der Waals surface area contributed by atoms with E-state index in [1.165, 1.54) is 0 Å². The molecule has 2 heterocycles. The molecule has 2 aromatic heterocycles. The first-order valence-corrected chi connectivity index (χ1v) is 8.60. The average Bonchev–Trinajstić information content (AvgIpc) is 3.18. The summed E-state index contributed by atoms with van der Waals surface area (Å²) in [6.45, 7) is 2.23. The molecule has 0 saturated heterocycles. The third-order valence-electron chi connectivity index (χ3n) is 4.34. The number of nitrogens with zero attached hydrogens (tertiary/aromatic N) is 2. The van der Waals surface area contributed by atoms with Gasteiger partial charge in [0.25, 0.3) is 11.5 Å². The zero-order valence-corrected chi connectivity index (χ0v) is 15.5. The zero-order valence-electron chi connectivity index (χ0n) is 15.5. The minimum atomic E-state index is -0.259. The molecule has 140 valence electrons. The molecule has 3 rings (SSSR count). The molecule has 1 aromatic carbocycles. The molecule has 0 aliphatic rings. The Labute approximate surface area is 157 Å². The minimum absolute atomic E-state index is 0.0541. The molecule has 1 atom stereocenters. The number of furan rings is 1. The number of benzene rings is 1. The van der Waals surface area contributed by atoms with Gasteiger partial charge in [-0.05, 0) is 56.9 Å². The number of carbonyl (C=O) groups is 1. The van der Waals surface area contributed by atoms with E-state index in [2.05, 4.69) is 15.5 Å². The highest BCUT2D eigenvalue weighted by atomic mass is 16.3. The van der Waals surface area contributed by atoms with Gasteiger partial charge in [0.15, 0.2) is 0 Å². The molecule has 0 saturated carbocycles. The molecular weight excluding hydrogens is 344 g/mol. The molecule has 7 nitrogen and oxygen atoms in total. The summed E-state index contributed by atoms with van der Waals surface area (Å²) in [6.07, 6.45) is 1.62. The highest BCUT2D eigenvalue weighted by Gasteiger charge is 2.18. The van der Waals surface area contributed by atoms with E-state index < -0.39 is 0 Å². The van der Waals surface area contributed by atoms with Gasteiger partial charge in [0, 0.05) is 12.1 Å². The van der Waals surface area contributed by atoms with Gasteiger partial charge in [-0.3, -0.25) is 14.5 Å². The maximum absolute atomic E-state index is 12.5. The summed E-state index contributed by atoms with van der Waals surface area (Å²) in [5, 5.41) is 9.27. The van der Waals surface area contributed by atoms with Crippen molar-refractivity contribution in [1.82, 2.24) is 20.4 Å². The second-order valence-corrected chi connectivity index (χ2v) is 6.53. The monoisotopic (exact) mass is 366 g/mol. The van der Waals surface area contributed by atoms with Gasteiger partial charge in [-0.1, -0.05) is 12.1 Å². The van der Waals surface area contributed by atoms with Crippen LogP contribution in [0.5, 0.6) is 0 Å². The molecule has 27 heavy (non-hydrogen) atoms. The average molecular weight is 366 g/mol. The van der Waals surface area contributed by atoms with E-state index in [0.29, 0.717) is 17.7 Å². The Morgan fingerprint density at radius 3 is 2.63 bits per heavy atom. The molecule has 1 amide bonds. The maximum Gasteiger partial charge on any atom is 0.272 e. The molecular formula is C20H22N4O3. The lowest BCUT2D eigenvalue weighted by molar-refractivity contribution is 0.0939. The Morgan fingerprint density at radius 1 is 1.26 bits per heavy atom. The topological polar surface area (TPSA) is 91.2 Å². The molecule has 7 heteroatoms. The van der Waals surface area contributed by atoms with Gasteiger partial charge in [0.2, 0.25) is 0 Å². The van der Waals surface area contributed by atoms with E-state index in [4.69, 9.17) is 4.42 Å². The summed E-state index contributed by atoms with van der Waals surface area (Å²) >= 11 is 0. The number of H-pyrrole nitrogens is 1. The number of hydrogen-bond donors (Lipinski definition) is 2. The fourth-order valence-electron chi connectivity index (χ4n) is 2.83. The summed E-state index contributed by atoms with van der Waals surface area (Å²) in [5.41, 5.74) is 2.25. The lowest BCUT2D eigenvalue weighted by atomic mass is 10.0. The SMILES string of the molecule is Cc1cc(-c2ccc(C(=O)NC[C@@H](c3ccco3)N(C)C)cc2)c(=O)[nH]n1. The van der Waals surface area contributed by atoms with Crippen LogP contribution in [0.1, 0.15) is 27.9 Å². The number of carbonyl (C=O) groups excluding carboxylic acids is 1. The van der Waals surface area contributed by atoms with Crippen LogP contribution in [0.15, 0.2) is 57.9 Å². The summed E-state index contributed by atoms with van der Waals surface area (Å²) in [5.74, 6) is 0.614.